The summed E-state index contributed by atoms with van der Waals surface area (Å²) in [6.45, 7) is 4.98. The lowest BCUT2D eigenvalue weighted by Crippen LogP contribution is -2.04. The highest BCUT2D eigenvalue weighted by molar-refractivity contribution is 14.1. The second-order valence-corrected chi connectivity index (χ2v) is 6.85. The van der Waals surface area contributed by atoms with E-state index in [0.29, 0.717) is 0 Å². The topological polar surface area (TPSA) is 29.3 Å². The van der Waals surface area contributed by atoms with E-state index < -0.39 is 0 Å². The zero-order chi connectivity index (χ0) is 13.4. The van der Waals surface area contributed by atoms with E-state index in [1.165, 1.54) is 19.8 Å². The van der Waals surface area contributed by atoms with Crippen LogP contribution >= 0.6 is 33.9 Å². The Bertz CT molecular complexity index is 729. The molecule has 19 heavy (non-hydrogen) atoms. The van der Waals surface area contributed by atoms with Crippen molar-refractivity contribution >= 4 is 44.6 Å². The van der Waals surface area contributed by atoms with Gasteiger partial charge in [0.2, 0.25) is 0 Å². The molecule has 0 unspecified atom stereocenters. The van der Waals surface area contributed by atoms with Gasteiger partial charge in [-0.25, -0.2) is 4.98 Å². The van der Waals surface area contributed by atoms with E-state index in [1.54, 1.807) is 11.3 Å². The van der Waals surface area contributed by atoms with Crippen molar-refractivity contribution in [2.75, 3.05) is 5.32 Å². The van der Waals surface area contributed by atoms with Crippen molar-refractivity contribution in [1.82, 2.24) is 9.38 Å². The summed E-state index contributed by atoms with van der Waals surface area (Å²) in [5.74, 6) is 0. The van der Waals surface area contributed by atoms with Crippen molar-refractivity contribution in [3.05, 3.63) is 50.3 Å². The first-order valence-electron chi connectivity index (χ1n) is 6.07. The average molecular weight is 383 g/mol. The van der Waals surface area contributed by atoms with Crippen LogP contribution in [0.5, 0.6) is 0 Å². The Morgan fingerprint density at radius 1 is 1.32 bits per heavy atom. The van der Waals surface area contributed by atoms with Crippen molar-refractivity contribution in [3.8, 4) is 0 Å². The van der Waals surface area contributed by atoms with Crippen LogP contribution < -0.4 is 5.32 Å². The summed E-state index contributed by atoms with van der Waals surface area (Å²) < 4.78 is 3.43. The third-order valence-corrected chi connectivity index (χ3v) is 4.90. The molecule has 2 aromatic heterocycles. The zero-order valence-corrected chi connectivity index (χ0v) is 13.7. The third kappa shape index (κ3) is 2.49. The van der Waals surface area contributed by atoms with Crippen molar-refractivity contribution in [1.29, 1.82) is 0 Å². The summed E-state index contributed by atoms with van der Waals surface area (Å²) in [6, 6.07) is 8.32. The lowest BCUT2D eigenvalue weighted by atomic mass is 10.3. The molecule has 0 aliphatic heterocycles. The maximum absolute atomic E-state index is 4.61. The molecule has 0 atom stereocenters. The van der Waals surface area contributed by atoms with Gasteiger partial charge in [-0.1, -0.05) is 12.1 Å². The number of anilines is 1. The van der Waals surface area contributed by atoms with E-state index in [0.717, 1.165) is 17.2 Å². The minimum Gasteiger partial charge on any atom is -0.379 e. The number of hydrogen-bond donors (Lipinski definition) is 1. The average Bonchev–Trinajstić information content (AvgIpc) is 2.84. The number of thiazole rings is 1. The molecule has 0 aliphatic rings. The summed E-state index contributed by atoms with van der Waals surface area (Å²) in [5.41, 5.74) is 3.51. The molecule has 0 radical (unpaired) electrons. The maximum Gasteiger partial charge on any atom is 0.194 e. The van der Waals surface area contributed by atoms with Gasteiger partial charge in [0.1, 0.15) is 0 Å². The van der Waals surface area contributed by atoms with Gasteiger partial charge in [-0.15, -0.1) is 11.3 Å². The highest BCUT2D eigenvalue weighted by Crippen LogP contribution is 2.22. The molecule has 2 heterocycles. The molecule has 0 aliphatic carbocycles. The number of nitrogens with one attached hydrogen (secondary N) is 1. The van der Waals surface area contributed by atoms with Crippen LogP contribution in [0.4, 0.5) is 5.69 Å². The largest absolute Gasteiger partial charge is 0.379 e. The van der Waals surface area contributed by atoms with Crippen LogP contribution in [0.15, 0.2) is 30.5 Å². The Morgan fingerprint density at radius 2 is 2.11 bits per heavy atom. The molecule has 0 saturated carbocycles. The van der Waals surface area contributed by atoms with Crippen LogP contribution in [0.2, 0.25) is 0 Å². The Hall–Kier alpha value is -1.08. The molecule has 0 fully saturated rings. The van der Waals surface area contributed by atoms with Crippen LogP contribution in [-0.4, -0.2) is 9.38 Å². The fourth-order valence-electron chi connectivity index (χ4n) is 2.11. The first-order chi connectivity index (χ1) is 9.15. The molecule has 0 bridgehead atoms. The van der Waals surface area contributed by atoms with Gasteiger partial charge in [0.15, 0.2) is 4.96 Å². The Kier molecular flexibility index (Phi) is 3.49. The van der Waals surface area contributed by atoms with Crippen molar-refractivity contribution in [2.24, 2.45) is 0 Å². The van der Waals surface area contributed by atoms with Crippen LogP contribution in [0, 0.1) is 17.4 Å². The van der Waals surface area contributed by atoms with Gasteiger partial charge in [-0.2, -0.15) is 0 Å². The highest BCUT2D eigenvalue weighted by Gasteiger charge is 2.11. The summed E-state index contributed by atoms with van der Waals surface area (Å²) in [7, 11) is 0. The van der Waals surface area contributed by atoms with Gasteiger partial charge < -0.3 is 5.32 Å². The molecule has 3 rings (SSSR count). The van der Waals surface area contributed by atoms with Gasteiger partial charge in [0.25, 0.3) is 0 Å². The van der Waals surface area contributed by atoms with Gasteiger partial charge in [0, 0.05) is 20.3 Å². The number of aromatic nitrogens is 2. The molecular weight excluding hydrogens is 369 g/mol. The predicted octanol–water partition coefficient (Wildman–Crippen LogP) is 4.23. The SMILES string of the molecule is Cc1cn2c(CNc3ccccc3I)c(C)nc2s1. The molecular formula is C14H14IN3S. The molecule has 98 valence electrons. The Labute approximate surface area is 129 Å². The van der Waals surface area contributed by atoms with E-state index >= 15 is 0 Å². The molecule has 3 aromatic rings. The summed E-state index contributed by atoms with van der Waals surface area (Å²) in [4.78, 5) is 6.98. The van der Waals surface area contributed by atoms with Gasteiger partial charge >= 0.3 is 0 Å². The van der Waals surface area contributed by atoms with E-state index in [1.807, 2.05) is 0 Å². The fourth-order valence-corrected chi connectivity index (χ4v) is 3.57. The van der Waals surface area contributed by atoms with Crippen molar-refractivity contribution < 1.29 is 0 Å². The smallest absolute Gasteiger partial charge is 0.194 e. The molecule has 0 spiro atoms. The monoisotopic (exact) mass is 383 g/mol. The first-order valence-corrected chi connectivity index (χ1v) is 7.97. The molecule has 0 saturated heterocycles. The lowest BCUT2D eigenvalue weighted by molar-refractivity contribution is 0.990. The number of benzene rings is 1. The standard InChI is InChI=1S/C14H14IN3S/c1-9-8-18-13(10(2)17-14(18)19-9)7-16-12-6-4-3-5-11(12)15/h3-6,8,16H,7H2,1-2H3. The van der Waals surface area contributed by atoms with Gasteiger partial charge in [0.05, 0.1) is 17.9 Å². The quantitative estimate of drug-likeness (QED) is 0.686. The number of aryl methyl sites for hydroxylation is 2. The summed E-state index contributed by atoms with van der Waals surface area (Å²) >= 11 is 4.08. The number of nitrogens with zero attached hydrogens (tertiary/aromatic N) is 2. The number of halogens is 1. The fraction of sp³-hybridized carbons (Fsp3) is 0.214. The number of para-hydroxylation sites is 1. The van der Waals surface area contributed by atoms with Crippen LogP contribution in [0.3, 0.4) is 0 Å². The molecule has 3 nitrogen and oxygen atoms in total. The number of hydrogen-bond acceptors (Lipinski definition) is 3. The number of rotatable bonds is 3. The van der Waals surface area contributed by atoms with E-state index in [-0.39, 0.29) is 0 Å². The minimum atomic E-state index is 0.795. The van der Waals surface area contributed by atoms with E-state index in [9.17, 15) is 0 Å². The third-order valence-electron chi connectivity index (χ3n) is 3.06. The van der Waals surface area contributed by atoms with Crippen LogP contribution in [-0.2, 0) is 6.54 Å². The van der Waals surface area contributed by atoms with E-state index in [4.69, 9.17) is 0 Å². The second-order valence-electron chi connectivity index (χ2n) is 4.47. The molecule has 1 aromatic carbocycles. The van der Waals surface area contributed by atoms with Crippen LogP contribution in [0.25, 0.3) is 4.96 Å². The Balaban J connectivity index is 1.89. The molecule has 5 heteroatoms. The Morgan fingerprint density at radius 3 is 2.89 bits per heavy atom. The van der Waals surface area contributed by atoms with Gasteiger partial charge in [-0.3, -0.25) is 4.40 Å². The maximum atomic E-state index is 4.61. The highest BCUT2D eigenvalue weighted by atomic mass is 127. The van der Waals surface area contributed by atoms with Crippen LogP contribution in [0.1, 0.15) is 16.3 Å². The molecule has 1 N–H and O–H groups in total. The van der Waals surface area contributed by atoms with Crippen molar-refractivity contribution in [2.45, 2.75) is 20.4 Å². The second kappa shape index (κ2) is 5.13. The predicted molar refractivity (Wildman–Crippen MR) is 89.0 cm³/mol. The van der Waals surface area contributed by atoms with Crippen molar-refractivity contribution in [3.63, 3.8) is 0 Å². The number of fused-ring (bicyclic) bond motifs is 1. The lowest BCUT2D eigenvalue weighted by Gasteiger charge is -2.08. The first kappa shape index (κ1) is 12.9. The van der Waals surface area contributed by atoms with Gasteiger partial charge in [-0.05, 0) is 48.6 Å². The minimum absolute atomic E-state index is 0.795. The number of imidazole rings is 1. The zero-order valence-electron chi connectivity index (χ0n) is 10.8. The molecule has 0 amide bonds. The summed E-state index contributed by atoms with van der Waals surface area (Å²) in [6.07, 6.45) is 2.16. The normalized spacial score (nSPS) is 11.1. The van der Waals surface area contributed by atoms with E-state index in [2.05, 4.69) is 81.6 Å². The summed E-state index contributed by atoms with van der Waals surface area (Å²) in [5, 5.41) is 3.49.